The molecule has 1 saturated carbocycles. The number of rotatable bonds is 3. The number of pyridine rings is 1. The molecule has 23 heavy (non-hydrogen) atoms. The van der Waals surface area contributed by atoms with Crippen molar-refractivity contribution in [1.82, 2.24) is 10.3 Å². The molecule has 1 aromatic heterocycles. The Morgan fingerprint density at radius 2 is 2.09 bits per heavy atom. The second kappa shape index (κ2) is 6.43. The van der Waals surface area contributed by atoms with Crippen LogP contribution in [0.5, 0.6) is 0 Å². The lowest BCUT2D eigenvalue weighted by atomic mass is 9.77. The molecule has 6 heteroatoms. The van der Waals surface area contributed by atoms with Crippen molar-refractivity contribution in [1.29, 1.82) is 0 Å². The van der Waals surface area contributed by atoms with E-state index < -0.39 is 0 Å². The molecule has 4 atom stereocenters. The van der Waals surface area contributed by atoms with E-state index in [9.17, 15) is 9.18 Å². The predicted molar refractivity (Wildman–Crippen MR) is 85.8 cm³/mol. The van der Waals surface area contributed by atoms with E-state index in [1.807, 2.05) is 11.8 Å². The monoisotopic (exact) mass is 321 g/mol. The molecule has 3 rings (SSSR count). The molecular weight excluding hydrogens is 297 g/mol. The van der Waals surface area contributed by atoms with Crippen molar-refractivity contribution in [2.45, 2.75) is 38.8 Å². The van der Waals surface area contributed by atoms with Crippen LogP contribution < -0.4 is 10.2 Å². The first-order valence-corrected chi connectivity index (χ1v) is 8.15. The Morgan fingerprint density at radius 3 is 2.70 bits per heavy atom. The summed E-state index contributed by atoms with van der Waals surface area (Å²) in [4.78, 5) is 17.7. The third kappa shape index (κ3) is 3.32. The largest absolute Gasteiger partial charge is 0.379 e. The lowest BCUT2D eigenvalue weighted by Gasteiger charge is -2.37. The maximum atomic E-state index is 14.2. The number of ether oxygens (including phenoxy) is 1. The number of carbonyl (C=O) groups excluding carboxylic acids is 1. The number of aromatic nitrogens is 1. The molecule has 1 saturated heterocycles. The van der Waals surface area contributed by atoms with Crippen molar-refractivity contribution in [2.24, 2.45) is 11.8 Å². The Labute approximate surface area is 136 Å². The van der Waals surface area contributed by atoms with E-state index in [4.69, 9.17) is 4.74 Å². The number of hydrogen-bond donors (Lipinski definition) is 1. The summed E-state index contributed by atoms with van der Waals surface area (Å²) in [6.45, 7) is 4.95. The van der Waals surface area contributed by atoms with Gasteiger partial charge in [0.25, 0.3) is 0 Å². The first-order chi connectivity index (χ1) is 11.0. The van der Waals surface area contributed by atoms with Gasteiger partial charge in [-0.2, -0.15) is 0 Å². The van der Waals surface area contributed by atoms with Gasteiger partial charge in [-0.25, -0.2) is 9.37 Å². The van der Waals surface area contributed by atoms with Crippen LogP contribution in [0.4, 0.5) is 10.2 Å². The van der Waals surface area contributed by atoms with Crippen LogP contribution in [0.1, 0.15) is 25.3 Å². The molecule has 2 fully saturated rings. The van der Waals surface area contributed by atoms with Crippen LogP contribution in [0.15, 0.2) is 12.3 Å². The van der Waals surface area contributed by atoms with Crippen molar-refractivity contribution < 1.29 is 13.9 Å². The first kappa shape index (κ1) is 16.2. The second-order valence-corrected chi connectivity index (χ2v) is 6.80. The molecule has 2 aliphatic rings. The van der Waals surface area contributed by atoms with Gasteiger partial charge < -0.3 is 15.0 Å². The topological polar surface area (TPSA) is 54.5 Å². The Kier molecular flexibility index (Phi) is 4.53. The van der Waals surface area contributed by atoms with Crippen molar-refractivity contribution in [3.8, 4) is 0 Å². The van der Waals surface area contributed by atoms with Gasteiger partial charge in [-0.05, 0) is 43.2 Å². The fraction of sp³-hybridized carbons (Fsp3) is 0.647. The number of fused-ring (bicyclic) bond motifs is 1. The number of amides is 1. The quantitative estimate of drug-likeness (QED) is 0.924. The molecule has 0 spiro atoms. The minimum Gasteiger partial charge on any atom is -0.379 e. The maximum Gasteiger partial charge on any atom is 0.217 e. The lowest BCUT2D eigenvalue weighted by molar-refractivity contribution is -0.121. The summed E-state index contributed by atoms with van der Waals surface area (Å²) in [6.07, 6.45) is 3.48. The van der Waals surface area contributed by atoms with E-state index in [-0.39, 0.29) is 23.9 Å². The predicted octanol–water partition coefficient (Wildman–Crippen LogP) is 1.90. The van der Waals surface area contributed by atoms with Gasteiger partial charge in [-0.15, -0.1) is 0 Å². The molecule has 126 valence electrons. The van der Waals surface area contributed by atoms with Crippen LogP contribution >= 0.6 is 0 Å². The number of nitrogens with zero attached hydrogens (tertiary/aromatic N) is 2. The highest BCUT2D eigenvalue weighted by Gasteiger charge is 2.43. The van der Waals surface area contributed by atoms with Crippen molar-refractivity contribution in [3.05, 3.63) is 23.6 Å². The van der Waals surface area contributed by atoms with Crippen molar-refractivity contribution >= 4 is 11.7 Å². The summed E-state index contributed by atoms with van der Waals surface area (Å²) in [5.41, 5.74) is 0.827. The van der Waals surface area contributed by atoms with Gasteiger partial charge in [0.2, 0.25) is 5.91 Å². The van der Waals surface area contributed by atoms with Gasteiger partial charge in [-0.3, -0.25) is 4.79 Å². The molecule has 1 N–H and O–H groups in total. The zero-order chi connectivity index (χ0) is 16.6. The molecule has 0 unspecified atom stereocenters. The average Bonchev–Trinajstić information content (AvgIpc) is 2.88. The smallest absolute Gasteiger partial charge is 0.217 e. The molecule has 1 aromatic rings. The SMILES string of the molecule is CO[C@@H]1C[C@H]2CN(c3ncc(C)cc3F)C[C@H]2C[C@H]1NC(C)=O. The number of halogens is 1. The molecule has 1 aliphatic carbocycles. The van der Waals surface area contributed by atoms with E-state index in [0.717, 1.165) is 31.5 Å². The first-order valence-electron chi connectivity index (χ1n) is 8.15. The number of nitrogens with one attached hydrogen (secondary N) is 1. The summed E-state index contributed by atoms with van der Waals surface area (Å²) in [5, 5.41) is 3.00. The highest BCUT2D eigenvalue weighted by Crippen LogP contribution is 2.39. The van der Waals surface area contributed by atoms with Crippen LogP contribution in [0.3, 0.4) is 0 Å². The van der Waals surface area contributed by atoms with Crippen LogP contribution in [0.25, 0.3) is 0 Å². The summed E-state index contributed by atoms with van der Waals surface area (Å²) in [7, 11) is 1.69. The van der Waals surface area contributed by atoms with Crippen LogP contribution in [0, 0.1) is 24.6 Å². The number of anilines is 1. The molecule has 0 aromatic carbocycles. The summed E-state index contributed by atoms with van der Waals surface area (Å²) in [5.74, 6) is 1.03. The molecule has 0 bridgehead atoms. The van der Waals surface area contributed by atoms with E-state index in [1.54, 1.807) is 13.3 Å². The lowest BCUT2D eigenvalue weighted by Crippen LogP contribution is -2.49. The zero-order valence-electron chi connectivity index (χ0n) is 13.9. The Hall–Kier alpha value is -1.69. The van der Waals surface area contributed by atoms with E-state index in [0.29, 0.717) is 17.7 Å². The maximum absolute atomic E-state index is 14.2. The summed E-state index contributed by atoms with van der Waals surface area (Å²) < 4.78 is 19.8. The minimum absolute atomic E-state index is 0.0240. The zero-order valence-corrected chi connectivity index (χ0v) is 13.9. The van der Waals surface area contributed by atoms with Gasteiger partial charge in [0.15, 0.2) is 11.6 Å². The third-order valence-corrected chi connectivity index (χ3v) is 5.07. The fourth-order valence-electron chi connectivity index (χ4n) is 4.02. The molecule has 2 heterocycles. The van der Waals surface area contributed by atoms with Gasteiger partial charge in [-0.1, -0.05) is 0 Å². The number of hydrogen-bond acceptors (Lipinski definition) is 4. The minimum atomic E-state index is -0.259. The Balaban J connectivity index is 1.74. The van der Waals surface area contributed by atoms with Gasteiger partial charge in [0.05, 0.1) is 12.1 Å². The normalized spacial score (nSPS) is 30.2. The van der Waals surface area contributed by atoms with Gasteiger partial charge >= 0.3 is 0 Å². The van der Waals surface area contributed by atoms with E-state index in [1.165, 1.54) is 13.0 Å². The van der Waals surface area contributed by atoms with Crippen LogP contribution in [-0.4, -0.2) is 43.2 Å². The molecule has 5 nitrogen and oxygen atoms in total. The summed E-state index contributed by atoms with van der Waals surface area (Å²) in [6, 6.07) is 1.57. The fourth-order valence-corrected chi connectivity index (χ4v) is 4.02. The van der Waals surface area contributed by atoms with E-state index in [2.05, 4.69) is 10.3 Å². The van der Waals surface area contributed by atoms with E-state index >= 15 is 0 Å². The third-order valence-electron chi connectivity index (χ3n) is 5.07. The number of methoxy groups -OCH3 is 1. The molecule has 0 radical (unpaired) electrons. The van der Waals surface area contributed by atoms with Crippen molar-refractivity contribution in [3.63, 3.8) is 0 Å². The number of carbonyl (C=O) groups is 1. The molecule has 1 aliphatic heterocycles. The standard InChI is InChI=1S/C17H24FN3O2/c1-10-4-14(18)17(19-7-10)21-8-12-5-15(20-11(2)22)16(23-3)6-13(12)9-21/h4,7,12-13,15-16H,5-6,8-9H2,1-3H3,(H,20,22)/t12-,13+,15-,16-/m1/s1. The Morgan fingerprint density at radius 1 is 1.39 bits per heavy atom. The van der Waals surface area contributed by atoms with Gasteiger partial charge in [0.1, 0.15) is 0 Å². The Bertz CT molecular complexity index is 595. The highest BCUT2D eigenvalue weighted by atomic mass is 19.1. The second-order valence-electron chi connectivity index (χ2n) is 6.80. The van der Waals surface area contributed by atoms with Crippen LogP contribution in [0.2, 0.25) is 0 Å². The van der Waals surface area contributed by atoms with Gasteiger partial charge in [0, 0.05) is 33.3 Å². The number of aryl methyl sites for hydroxylation is 1. The van der Waals surface area contributed by atoms with Crippen molar-refractivity contribution in [2.75, 3.05) is 25.1 Å². The summed E-state index contributed by atoms with van der Waals surface area (Å²) >= 11 is 0. The molecule has 1 amide bonds. The average molecular weight is 321 g/mol. The molecular formula is C17H24FN3O2. The highest BCUT2D eigenvalue weighted by molar-refractivity contribution is 5.73. The van der Waals surface area contributed by atoms with Crippen LogP contribution in [-0.2, 0) is 9.53 Å².